The molecule has 2 atom stereocenters. The van der Waals surface area contributed by atoms with Gasteiger partial charge in [0.15, 0.2) is 0 Å². The molecule has 3 nitrogen and oxygen atoms in total. The van der Waals surface area contributed by atoms with E-state index in [0.717, 1.165) is 7.11 Å². The molecule has 0 bridgehead atoms. The molecule has 0 aliphatic rings. The van der Waals surface area contributed by atoms with Gasteiger partial charge in [-0.1, -0.05) is 12.1 Å². The average Bonchev–Trinajstić information content (AvgIpc) is 2.26. The van der Waals surface area contributed by atoms with Crippen molar-refractivity contribution in [3.63, 3.8) is 0 Å². The lowest BCUT2D eigenvalue weighted by atomic mass is 9.71. The van der Waals surface area contributed by atoms with Gasteiger partial charge < -0.3 is 9.84 Å². The monoisotopic (exact) mass is 224 g/mol. The second-order valence-electron chi connectivity index (χ2n) is 3.88. The number of rotatable bonds is 3. The minimum atomic E-state index is -2.11. The standard InChI is InChI=1S/C11H14BFO3/c1-11(13,10(15)16-2)9(12)7-4-3-5-8(14)6-7/h3-6,9,14H,12H2,1-2H3/t9-,11?/m0/s1. The van der Waals surface area contributed by atoms with Crippen LogP contribution in [0.5, 0.6) is 5.75 Å². The zero-order chi connectivity index (χ0) is 12.3. The number of hydrogen-bond donors (Lipinski definition) is 1. The Morgan fingerprint density at radius 2 is 2.25 bits per heavy atom. The summed E-state index contributed by atoms with van der Waals surface area (Å²) in [4.78, 5) is 11.3. The Kier molecular flexibility index (Phi) is 3.57. The highest BCUT2D eigenvalue weighted by atomic mass is 19.1. The molecule has 1 N–H and O–H groups in total. The third-order valence-corrected chi connectivity index (χ3v) is 2.77. The van der Waals surface area contributed by atoms with Crippen molar-refractivity contribution in [1.29, 1.82) is 0 Å². The number of esters is 1. The third kappa shape index (κ3) is 2.35. The van der Waals surface area contributed by atoms with Crippen LogP contribution in [0.3, 0.4) is 0 Å². The number of ether oxygens (including phenoxy) is 1. The molecule has 1 rings (SSSR count). The Balaban J connectivity index is 3.01. The molecule has 1 aromatic rings. The average molecular weight is 224 g/mol. The van der Waals surface area contributed by atoms with Crippen molar-refractivity contribution in [1.82, 2.24) is 0 Å². The van der Waals surface area contributed by atoms with E-state index in [1.54, 1.807) is 20.0 Å². The highest BCUT2D eigenvalue weighted by molar-refractivity contribution is 6.15. The molecule has 0 fully saturated rings. The van der Waals surface area contributed by atoms with Crippen molar-refractivity contribution in [3.05, 3.63) is 29.8 Å². The molecule has 0 saturated heterocycles. The molecule has 0 saturated carbocycles. The summed E-state index contributed by atoms with van der Waals surface area (Å²) in [7, 11) is 2.72. The molecule has 16 heavy (non-hydrogen) atoms. The van der Waals surface area contributed by atoms with Crippen LogP contribution in [0.4, 0.5) is 4.39 Å². The number of phenolic OH excluding ortho intramolecular Hbond substituents is 1. The van der Waals surface area contributed by atoms with Crippen molar-refractivity contribution in [2.75, 3.05) is 7.11 Å². The van der Waals surface area contributed by atoms with Crippen molar-refractivity contribution in [3.8, 4) is 5.75 Å². The molecule has 0 radical (unpaired) electrons. The zero-order valence-electron chi connectivity index (χ0n) is 9.53. The van der Waals surface area contributed by atoms with Gasteiger partial charge in [0.05, 0.1) is 7.11 Å². The summed E-state index contributed by atoms with van der Waals surface area (Å²) in [6, 6.07) is 6.19. The number of aromatic hydroxyl groups is 1. The predicted octanol–water partition coefficient (Wildman–Crippen LogP) is 0.968. The zero-order valence-corrected chi connectivity index (χ0v) is 9.53. The molecule has 86 valence electrons. The van der Waals surface area contributed by atoms with E-state index in [1.165, 1.54) is 19.1 Å². The molecule has 5 heteroatoms. The van der Waals surface area contributed by atoms with Crippen molar-refractivity contribution in [2.24, 2.45) is 0 Å². The lowest BCUT2D eigenvalue weighted by molar-refractivity contribution is -0.153. The largest absolute Gasteiger partial charge is 0.508 e. The van der Waals surface area contributed by atoms with Gasteiger partial charge in [-0.25, -0.2) is 9.18 Å². The predicted molar refractivity (Wildman–Crippen MR) is 60.9 cm³/mol. The van der Waals surface area contributed by atoms with Crippen LogP contribution >= 0.6 is 0 Å². The molecule has 1 unspecified atom stereocenters. The first-order valence-corrected chi connectivity index (χ1v) is 4.96. The highest BCUT2D eigenvalue weighted by Gasteiger charge is 2.40. The van der Waals surface area contributed by atoms with E-state index in [4.69, 9.17) is 0 Å². The van der Waals surface area contributed by atoms with Crippen LogP contribution in [0.2, 0.25) is 0 Å². The SMILES string of the molecule is B[C@@H](c1cccc(O)c1)C(C)(F)C(=O)OC. The Morgan fingerprint density at radius 3 is 2.75 bits per heavy atom. The summed E-state index contributed by atoms with van der Waals surface area (Å²) in [6.45, 7) is 1.17. The van der Waals surface area contributed by atoms with E-state index in [0.29, 0.717) is 5.56 Å². The number of phenols is 1. The van der Waals surface area contributed by atoms with Crippen molar-refractivity contribution in [2.45, 2.75) is 18.4 Å². The molecule has 0 heterocycles. The minimum Gasteiger partial charge on any atom is -0.508 e. The molecule has 0 aliphatic carbocycles. The summed E-state index contributed by atoms with van der Waals surface area (Å²) in [6.07, 6.45) is 0. The molecule has 1 aromatic carbocycles. The van der Waals surface area contributed by atoms with Gasteiger partial charge in [-0.3, -0.25) is 0 Å². The smallest absolute Gasteiger partial charge is 0.343 e. The molecular weight excluding hydrogens is 210 g/mol. The van der Waals surface area contributed by atoms with E-state index < -0.39 is 17.5 Å². The Bertz CT molecular complexity index is 393. The summed E-state index contributed by atoms with van der Waals surface area (Å²) < 4.78 is 18.6. The number of benzene rings is 1. The molecule has 0 amide bonds. The van der Waals surface area contributed by atoms with Crippen LogP contribution in [0.1, 0.15) is 18.3 Å². The second kappa shape index (κ2) is 4.55. The van der Waals surface area contributed by atoms with E-state index in [-0.39, 0.29) is 5.75 Å². The summed E-state index contributed by atoms with van der Waals surface area (Å²) in [5.74, 6) is -1.56. The van der Waals surface area contributed by atoms with E-state index in [2.05, 4.69) is 4.74 Å². The van der Waals surface area contributed by atoms with E-state index >= 15 is 0 Å². The fourth-order valence-electron chi connectivity index (χ4n) is 1.48. The number of carbonyl (C=O) groups excluding carboxylic acids is 1. The second-order valence-corrected chi connectivity index (χ2v) is 3.88. The van der Waals surface area contributed by atoms with Gasteiger partial charge in [0, 0.05) is 0 Å². The fraction of sp³-hybridized carbons (Fsp3) is 0.364. The Hall–Kier alpha value is -1.52. The number of alkyl halides is 1. The first-order valence-electron chi connectivity index (χ1n) is 4.96. The molecule has 0 spiro atoms. The maximum atomic E-state index is 14.1. The topological polar surface area (TPSA) is 46.5 Å². The van der Waals surface area contributed by atoms with Gasteiger partial charge in [-0.05, 0) is 30.4 Å². The lowest BCUT2D eigenvalue weighted by Crippen LogP contribution is -2.38. The van der Waals surface area contributed by atoms with Crippen molar-refractivity contribution >= 4 is 13.8 Å². The summed E-state index contributed by atoms with van der Waals surface area (Å²) in [5, 5.41) is 9.28. The minimum absolute atomic E-state index is 0.0463. The normalized spacial score (nSPS) is 16.2. The maximum absolute atomic E-state index is 14.1. The van der Waals surface area contributed by atoms with Crippen LogP contribution in [-0.4, -0.2) is 31.7 Å². The van der Waals surface area contributed by atoms with Crippen LogP contribution in [-0.2, 0) is 9.53 Å². The van der Waals surface area contributed by atoms with Gasteiger partial charge in [-0.2, -0.15) is 0 Å². The van der Waals surface area contributed by atoms with Gasteiger partial charge in [0.1, 0.15) is 13.6 Å². The quantitative estimate of drug-likeness (QED) is 0.614. The van der Waals surface area contributed by atoms with Crippen LogP contribution < -0.4 is 0 Å². The van der Waals surface area contributed by atoms with Crippen molar-refractivity contribution < 1.29 is 19.0 Å². The van der Waals surface area contributed by atoms with Crippen LogP contribution in [0.15, 0.2) is 24.3 Å². The number of carbonyl (C=O) groups is 1. The number of hydrogen-bond acceptors (Lipinski definition) is 3. The van der Waals surface area contributed by atoms with Gasteiger partial charge in [0.2, 0.25) is 5.67 Å². The fourth-order valence-corrected chi connectivity index (χ4v) is 1.48. The van der Waals surface area contributed by atoms with Gasteiger partial charge in [0.25, 0.3) is 0 Å². The highest BCUT2D eigenvalue weighted by Crippen LogP contribution is 2.31. The first-order chi connectivity index (χ1) is 7.39. The van der Waals surface area contributed by atoms with E-state index in [9.17, 15) is 14.3 Å². The first kappa shape index (κ1) is 12.6. The summed E-state index contributed by atoms with van der Waals surface area (Å²) in [5.41, 5.74) is -1.56. The third-order valence-electron chi connectivity index (χ3n) is 2.77. The summed E-state index contributed by atoms with van der Waals surface area (Å²) >= 11 is 0. The Morgan fingerprint density at radius 1 is 1.62 bits per heavy atom. The number of methoxy groups -OCH3 is 1. The van der Waals surface area contributed by atoms with E-state index in [1.807, 2.05) is 0 Å². The lowest BCUT2D eigenvalue weighted by Gasteiger charge is -2.25. The van der Waals surface area contributed by atoms with Crippen LogP contribution in [0.25, 0.3) is 0 Å². The molecule has 0 aromatic heterocycles. The van der Waals surface area contributed by atoms with Gasteiger partial charge >= 0.3 is 5.97 Å². The molecular formula is C11H14BFO3. The number of halogens is 1. The van der Waals surface area contributed by atoms with Crippen LogP contribution in [0, 0.1) is 0 Å². The van der Waals surface area contributed by atoms with Gasteiger partial charge in [-0.15, -0.1) is 0 Å². The Labute approximate surface area is 94.6 Å². The maximum Gasteiger partial charge on any atom is 0.343 e. The molecule has 0 aliphatic heterocycles.